The summed E-state index contributed by atoms with van der Waals surface area (Å²) in [5.41, 5.74) is -2.76. The number of benzene rings is 1. The molecule has 0 amide bonds. The molecule has 0 aliphatic carbocycles. The van der Waals surface area contributed by atoms with Crippen LogP contribution in [0, 0.1) is 20.8 Å². The Morgan fingerprint density at radius 3 is 2.28 bits per heavy atom. The lowest BCUT2D eigenvalue weighted by molar-refractivity contribution is -0.258. The molecule has 98 valence electrons. The summed E-state index contributed by atoms with van der Waals surface area (Å²) >= 11 is 0. The van der Waals surface area contributed by atoms with Gasteiger partial charge in [-0.05, 0) is 37.5 Å². The highest BCUT2D eigenvalue weighted by molar-refractivity contribution is 5.91. The molecule has 1 aliphatic rings. The lowest BCUT2D eigenvalue weighted by Crippen LogP contribution is -2.47. The van der Waals surface area contributed by atoms with Gasteiger partial charge < -0.3 is 9.84 Å². The Morgan fingerprint density at radius 2 is 1.78 bits per heavy atom. The third-order valence-corrected chi connectivity index (χ3v) is 3.25. The molecule has 0 fully saturated rings. The molecule has 18 heavy (non-hydrogen) atoms. The van der Waals surface area contributed by atoms with Gasteiger partial charge in [0.2, 0.25) is 0 Å². The topological polar surface area (TPSA) is 46.5 Å². The second-order valence-electron chi connectivity index (χ2n) is 4.44. The zero-order valence-corrected chi connectivity index (χ0v) is 9.97. The summed E-state index contributed by atoms with van der Waals surface area (Å²) in [5.74, 6) is -1.88. The fraction of sp³-hybridized carbons (Fsp3) is 0.417. The van der Waals surface area contributed by atoms with E-state index in [1.165, 1.54) is 13.0 Å². The first-order chi connectivity index (χ1) is 8.10. The number of hydrogen-bond acceptors (Lipinski definition) is 3. The molecule has 2 rings (SSSR count). The second-order valence-corrected chi connectivity index (χ2v) is 4.44. The number of esters is 1. The zero-order valence-electron chi connectivity index (χ0n) is 9.97. The third-order valence-electron chi connectivity index (χ3n) is 3.25. The van der Waals surface area contributed by atoms with Crippen LogP contribution in [0.2, 0.25) is 0 Å². The fourth-order valence-electron chi connectivity index (χ4n) is 2.15. The minimum atomic E-state index is -5.11. The van der Waals surface area contributed by atoms with Gasteiger partial charge in [0.25, 0.3) is 5.60 Å². The van der Waals surface area contributed by atoms with E-state index in [1.54, 1.807) is 13.8 Å². The number of aliphatic hydroxyl groups is 1. The van der Waals surface area contributed by atoms with E-state index in [0.29, 0.717) is 11.1 Å². The van der Waals surface area contributed by atoms with Crippen molar-refractivity contribution in [1.82, 2.24) is 0 Å². The minimum Gasteiger partial charge on any atom is -0.423 e. The Bertz CT molecular complexity index is 548. The number of carbonyl (C=O) groups excluding carboxylic acids is 1. The Labute approximate surface area is 101 Å². The highest BCUT2D eigenvalue weighted by Gasteiger charge is 2.67. The highest BCUT2D eigenvalue weighted by atomic mass is 19.4. The van der Waals surface area contributed by atoms with Gasteiger partial charge in [0.1, 0.15) is 5.75 Å². The SMILES string of the molecule is Cc1cc(C)c2c(c1C)OC(=O)C2(O)C(F)(F)F. The Kier molecular flexibility index (Phi) is 2.49. The number of rotatable bonds is 0. The van der Waals surface area contributed by atoms with Crippen LogP contribution < -0.4 is 4.74 Å². The maximum absolute atomic E-state index is 12.9. The Hall–Kier alpha value is -1.56. The molecule has 1 heterocycles. The minimum absolute atomic E-state index is 0.179. The Morgan fingerprint density at radius 1 is 1.22 bits per heavy atom. The zero-order chi connectivity index (χ0) is 13.9. The number of carbonyl (C=O) groups is 1. The van der Waals surface area contributed by atoms with Crippen LogP contribution in [0.3, 0.4) is 0 Å². The predicted molar refractivity (Wildman–Crippen MR) is 56.2 cm³/mol. The number of alkyl halides is 3. The van der Waals surface area contributed by atoms with Crippen LogP contribution in [-0.2, 0) is 10.4 Å². The fourth-order valence-corrected chi connectivity index (χ4v) is 2.15. The first kappa shape index (κ1) is 12.9. The lowest BCUT2D eigenvalue weighted by Gasteiger charge is -2.23. The van der Waals surface area contributed by atoms with Crippen molar-refractivity contribution in [2.75, 3.05) is 0 Å². The molecule has 0 radical (unpaired) electrons. The van der Waals surface area contributed by atoms with Crippen LogP contribution in [0.25, 0.3) is 0 Å². The van der Waals surface area contributed by atoms with Gasteiger partial charge in [0, 0.05) is 0 Å². The van der Waals surface area contributed by atoms with Gasteiger partial charge in [-0.3, -0.25) is 0 Å². The summed E-state index contributed by atoms with van der Waals surface area (Å²) < 4.78 is 43.4. The molecular weight excluding hydrogens is 249 g/mol. The summed E-state index contributed by atoms with van der Waals surface area (Å²) in [6.07, 6.45) is -5.11. The van der Waals surface area contributed by atoms with Crippen LogP contribution in [0.15, 0.2) is 6.07 Å². The molecule has 1 aliphatic heterocycles. The predicted octanol–water partition coefficient (Wildman–Crippen LogP) is 2.28. The number of aryl methyl sites for hydroxylation is 2. The summed E-state index contributed by atoms with van der Waals surface area (Å²) in [5, 5.41) is 9.75. The molecule has 0 saturated heterocycles. The van der Waals surface area contributed by atoms with Crippen LogP contribution in [-0.4, -0.2) is 17.3 Å². The number of ether oxygens (including phenoxy) is 1. The van der Waals surface area contributed by atoms with Crippen molar-refractivity contribution in [3.8, 4) is 5.75 Å². The van der Waals surface area contributed by atoms with E-state index in [9.17, 15) is 23.1 Å². The lowest BCUT2D eigenvalue weighted by atomic mass is 9.88. The van der Waals surface area contributed by atoms with Gasteiger partial charge in [0.15, 0.2) is 0 Å². The van der Waals surface area contributed by atoms with Gasteiger partial charge in [-0.25, -0.2) is 4.79 Å². The van der Waals surface area contributed by atoms with E-state index in [0.717, 1.165) is 0 Å². The van der Waals surface area contributed by atoms with Gasteiger partial charge in [0.05, 0.1) is 5.56 Å². The van der Waals surface area contributed by atoms with E-state index in [2.05, 4.69) is 4.74 Å². The third kappa shape index (κ3) is 1.38. The summed E-state index contributed by atoms with van der Waals surface area (Å²) in [6, 6.07) is 1.49. The van der Waals surface area contributed by atoms with Crippen LogP contribution in [0.5, 0.6) is 5.75 Å². The molecule has 0 aromatic heterocycles. The van der Waals surface area contributed by atoms with Gasteiger partial charge in [-0.1, -0.05) is 6.07 Å². The number of halogens is 3. The van der Waals surface area contributed by atoms with Crippen molar-refractivity contribution >= 4 is 5.97 Å². The van der Waals surface area contributed by atoms with E-state index < -0.39 is 23.3 Å². The normalized spacial score (nSPS) is 22.9. The molecule has 1 atom stereocenters. The van der Waals surface area contributed by atoms with Gasteiger partial charge in [-0.15, -0.1) is 0 Å². The quantitative estimate of drug-likeness (QED) is 0.575. The summed E-state index contributed by atoms with van der Waals surface area (Å²) in [7, 11) is 0. The van der Waals surface area contributed by atoms with Gasteiger partial charge in [-0.2, -0.15) is 13.2 Å². The average molecular weight is 260 g/mol. The summed E-state index contributed by atoms with van der Waals surface area (Å²) in [4.78, 5) is 11.4. The molecule has 1 aromatic rings. The molecule has 0 spiro atoms. The van der Waals surface area contributed by atoms with E-state index in [4.69, 9.17) is 0 Å². The van der Waals surface area contributed by atoms with Crippen LogP contribution >= 0.6 is 0 Å². The molecule has 6 heteroatoms. The smallest absolute Gasteiger partial charge is 0.423 e. The second kappa shape index (κ2) is 3.47. The molecule has 1 aromatic carbocycles. The Balaban J connectivity index is 2.82. The van der Waals surface area contributed by atoms with Crippen molar-refractivity contribution in [1.29, 1.82) is 0 Å². The number of hydrogen-bond donors (Lipinski definition) is 1. The average Bonchev–Trinajstić information content (AvgIpc) is 2.49. The van der Waals surface area contributed by atoms with E-state index >= 15 is 0 Å². The van der Waals surface area contributed by atoms with Crippen LogP contribution in [0.1, 0.15) is 22.3 Å². The highest BCUT2D eigenvalue weighted by Crippen LogP contribution is 2.51. The molecule has 0 saturated carbocycles. The van der Waals surface area contributed by atoms with Gasteiger partial charge >= 0.3 is 12.1 Å². The monoisotopic (exact) mass is 260 g/mol. The molecule has 1 unspecified atom stereocenters. The van der Waals surface area contributed by atoms with Crippen molar-refractivity contribution in [2.45, 2.75) is 32.5 Å². The maximum Gasteiger partial charge on any atom is 0.432 e. The van der Waals surface area contributed by atoms with Crippen molar-refractivity contribution < 1.29 is 27.8 Å². The van der Waals surface area contributed by atoms with Crippen molar-refractivity contribution in [3.05, 3.63) is 28.3 Å². The standard InChI is InChI=1S/C12H11F3O3/c1-5-4-6(2)8-9(7(5)3)18-10(16)11(8,17)12(13,14)15/h4,17H,1-3H3. The van der Waals surface area contributed by atoms with Crippen molar-refractivity contribution in [3.63, 3.8) is 0 Å². The molecule has 1 N–H and O–H groups in total. The molecule has 0 bridgehead atoms. The first-order valence-corrected chi connectivity index (χ1v) is 5.23. The first-order valence-electron chi connectivity index (χ1n) is 5.23. The van der Waals surface area contributed by atoms with E-state index in [1.807, 2.05) is 0 Å². The number of fused-ring (bicyclic) bond motifs is 1. The molecule has 3 nitrogen and oxygen atoms in total. The molecular formula is C12H11F3O3. The summed E-state index contributed by atoms with van der Waals surface area (Å²) in [6.45, 7) is 4.65. The van der Waals surface area contributed by atoms with Crippen molar-refractivity contribution in [2.24, 2.45) is 0 Å². The maximum atomic E-state index is 12.9. The van der Waals surface area contributed by atoms with Crippen LogP contribution in [0.4, 0.5) is 13.2 Å². The largest absolute Gasteiger partial charge is 0.432 e. The van der Waals surface area contributed by atoms with E-state index in [-0.39, 0.29) is 11.3 Å².